The highest BCUT2D eigenvalue weighted by atomic mass is 16.4. The molecule has 1 aliphatic heterocycles. The van der Waals surface area contributed by atoms with Crippen molar-refractivity contribution in [2.45, 2.75) is 26.3 Å². The molecule has 0 bridgehead atoms. The van der Waals surface area contributed by atoms with Gasteiger partial charge < -0.3 is 15.4 Å². The van der Waals surface area contributed by atoms with Gasteiger partial charge in [0.15, 0.2) is 0 Å². The zero-order chi connectivity index (χ0) is 18.0. The van der Waals surface area contributed by atoms with Crippen molar-refractivity contribution < 1.29 is 9.90 Å². The Kier molecular flexibility index (Phi) is 5.25. The third kappa shape index (κ3) is 3.34. The molecule has 2 aromatic rings. The molecule has 2 heterocycles. The summed E-state index contributed by atoms with van der Waals surface area (Å²) in [5.74, 6) is -1.16. The average Bonchev–Trinajstić information content (AvgIpc) is 3.01. The fourth-order valence-electron chi connectivity index (χ4n) is 3.86. The molecule has 0 saturated carbocycles. The summed E-state index contributed by atoms with van der Waals surface area (Å²) < 4.78 is 0. The number of carbonyl (C=O) groups is 1. The van der Waals surface area contributed by atoms with Gasteiger partial charge >= 0.3 is 5.97 Å². The van der Waals surface area contributed by atoms with Gasteiger partial charge in [0.2, 0.25) is 0 Å². The van der Waals surface area contributed by atoms with Crippen LogP contribution in [0.5, 0.6) is 0 Å². The SMILES string of the molecule is CCNCC.CN1C[C@H](C(=O)O)C=C2c3cccc4[nH]cc(c34)C[C@H]21. The number of benzene rings is 1. The summed E-state index contributed by atoms with van der Waals surface area (Å²) in [6.45, 7) is 6.97. The Hall–Kier alpha value is -2.11. The maximum absolute atomic E-state index is 11.3. The number of carboxylic acids is 1. The number of nitrogens with one attached hydrogen (secondary N) is 2. The van der Waals surface area contributed by atoms with Crippen molar-refractivity contribution in [1.29, 1.82) is 0 Å². The lowest BCUT2D eigenvalue weighted by molar-refractivity contribution is -0.140. The third-order valence-corrected chi connectivity index (χ3v) is 5.09. The van der Waals surface area contributed by atoms with Gasteiger partial charge in [-0.15, -0.1) is 0 Å². The van der Waals surface area contributed by atoms with Crippen molar-refractivity contribution in [3.05, 3.63) is 41.6 Å². The highest BCUT2D eigenvalue weighted by Gasteiger charge is 2.35. The molecule has 4 rings (SSSR count). The van der Waals surface area contributed by atoms with Crippen molar-refractivity contribution in [1.82, 2.24) is 15.2 Å². The van der Waals surface area contributed by atoms with Gasteiger partial charge in [-0.05, 0) is 49.3 Å². The van der Waals surface area contributed by atoms with Crippen LogP contribution in [0.25, 0.3) is 16.5 Å². The second-order valence-corrected chi connectivity index (χ2v) is 6.73. The van der Waals surface area contributed by atoms with E-state index in [1.54, 1.807) is 0 Å². The molecule has 0 unspecified atom stereocenters. The maximum atomic E-state index is 11.3. The monoisotopic (exact) mass is 341 g/mol. The first-order valence-corrected chi connectivity index (χ1v) is 9.01. The van der Waals surface area contributed by atoms with Crippen molar-refractivity contribution >= 4 is 22.4 Å². The standard InChI is InChI=1S/C16H16N2O2.C4H11N/c1-18-8-10(16(19)20)5-12-11-3-2-4-13-15(11)9(7-17-13)6-14(12)18;1-3-5-4-2/h2-5,7,10,14,17H,6,8H2,1H3,(H,19,20);5H,3-4H2,1-2H3/t10-,14-;/m1./s1. The lowest BCUT2D eigenvalue weighted by Crippen LogP contribution is -2.44. The van der Waals surface area contributed by atoms with E-state index in [-0.39, 0.29) is 0 Å². The summed E-state index contributed by atoms with van der Waals surface area (Å²) in [6, 6.07) is 6.51. The Balaban J connectivity index is 0.000000324. The lowest BCUT2D eigenvalue weighted by atomic mass is 9.80. The normalized spacial score (nSPS) is 22.0. The molecular formula is C20H27N3O2. The quantitative estimate of drug-likeness (QED) is 0.803. The van der Waals surface area contributed by atoms with E-state index < -0.39 is 11.9 Å². The highest BCUT2D eigenvalue weighted by Crippen LogP contribution is 2.40. The van der Waals surface area contributed by atoms with Crippen LogP contribution < -0.4 is 5.32 Å². The summed E-state index contributed by atoms with van der Waals surface area (Å²) >= 11 is 0. The Morgan fingerprint density at radius 2 is 2.12 bits per heavy atom. The Bertz CT molecular complexity index is 791. The average molecular weight is 341 g/mol. The van der Waals surface area contributed by atoms with E-state index in [4.69, 9.17) is 0 Å². The van der Waals surface area contributed by atoms with Crippen molar-refractivity contribution in [3.63, 3.8) is 0 Å². The number of H-pyrrole nitrogens is 1. The number of aromatic amines is 1. The minimum atomic E-state index is -0.741. The van der Waals surface area contributed by atoms with Gasteiger partial charge in [-0.2, -0.15) is 0 Å². The fourth-order valence-corrected chi connectivity index (χ4v) is 3.86. The third-order valence-electron chi connectivity index (χ3n) is 5.09. The van der Waals surface area contributed by atoms with Crippen LogP contribution in [0.2, 0.25) is 0 Å². The van der Waals surface area contributed by atoms with Gasteiger partial charge in [0.25, 0.3) is 0 Å². The molecule has 134 valence electrons. The van der Waals surface area contributed by atoms with E-state index in [0.29, 0.717) is 12.6 Å². The van der Waals surface area contributed by atoms with Crippen LogP contribution in [-0.2, 0) is 11.2 Å². The van der Waals surface area contributed by atoms with E-state index in [1.165, 1.54) is 22.1 Å². The van der Waals surface area contributed by atoms with E-state index >= 15 is 0 Å². The number of carboxylic acid groups (broad SMARTS) is 1. The predicted molar refractivity (Wildman–Crippen MR) is 102 cm³/mol. The number of rotatable bonds is 3. The molecule has 0 spiro atoms. The second-order valence-electron chi connectivity index (χ2n) is 6.73. The topological polar surface area (TPSA) is 68.4 Å². The number of hydrogen-bond acceptors (Lipinski definition) is 3. The molecule has 3 N–H and O–H groups in total. The largest absolute Gasteiger partial charge is 0.481 e. The molecule has 1 aromatic carbocycles. The van der Waals surface area contributed by atoms with E-state index in [9.17, 15) is 9.90 Å². The summed E-state index contributed by atoms with van der Waals surface area (Å²) in [6.07, 6.45) is 4.99. The molecule has 1 aliphatic carbocycles. The zero-order valence-electron chi connectivity index (χ0n) is 15.2. The van der Waals surface area contributed by atoms with Crippen LogP contribution in [0, 0.1) is 5.92 Å². The highest BCUT2D eigenvalue weighted by molar-refractivity contribution is 5.99. The fraction of sp³-hybridized carbons (Fsp3) is 0.450. The molecule has 0 fully saturated rings. The number of nitrogens with zero attached hydrogens (tertiary/aromatic N) is 1. The number of hydrogen-bond donors (Lipinski definition) is 3. The Labute approximate surface area is 148 Å². The van der Waals surface area contributed by atoms with Gasteiger partial charge in [-0.1, -0.05) is 32.1 Å². The molecule has 5 nitrogen and oxygen atoms in total. The molecule has 5 heteroatoms. The van der Waals surface area contributed by atoms with Gasteiger partial charge in [0.05, 0.1) is 5.92 Å². The summed E-state index contributed by atoms with van der Waals surface area (Å²) in [7, 11) is 2.02. The van der Waals surface area contributed by atoms with Crippen molar-refractivity contribution in [2.75, 3.05) is 26.7 Å². The minimum Gasteiger partial charge on any atom is -0.481 e. The smallest absolute Gasteiger partial charge is 0.311 e. The molecule has 2 aliphatic rings. The number of aromatic nitrogens is 1. The molecule has 0 saturated heterocycles. The molecule has 0 amide bonds. The summed E-state index contributed by atoms with van der Waals surface area (Å²) in [4.78, 5) is 16.8. The molecule has 0 radical (unpaired) electrons. The predicted octanol–water partition coefficient (Wildman–Crippen LogP) is 2.74. The summed E-state index contributed by atoms with van der Waals surface area (Å²) in [5, 5.41) is 13.7. The van der Waals surface area contributed by atoms with Gasteiger partial charge in [-0.25, -0.2) is 0 Å². The van der Waals surface area contributed by atoms with E-state index in [1.807, 2.05) is 19.2 Å². The molecule has 2 atom stereocenters. The first kappa shape index (κ1) is 17.7. The summed E-state index contributed by atoms with van der Waals surface area (Å²) in [5.41, 5.74) is 4.83. The van der Waals surface area contributed by atoms with Crippen LogP contribution >= 0.6 is 0 Å². The first-order valence-electron chi connectivity index (χ1n) is 9.01. The van der Waals surface area contributed by atoms with E-state index in [2.05, 4.69) is 47.4 Å². The zero-order valence-corrected chi connectivity index (χ0v) is 15.2. The van der Waals surface area contributed by atoms with Crippen LogP contribution in [0.1, 0.15) is 25.0 Å². The van der Waals surface area contributed by atoms with Gasteiger partial charge in [-0.3, -0.25) is 9.69 Å². The van der Waals surface area contributed by atoms with Crippen molar-refractivity contribution in [3.8, 4) is 0 Å². The lowest BCUT2D eigenvalue weighted by Gasteiger charge is -2.38. The minimum absolute atomic E-state index is 0.291. The molecule has 1 aromatic heterocycles. The van der Waals surface area contributed by atoms with Crippen LogP contribution in [0.15, 0.2) is 30.5 Å². The van der Waals surface area contributed by atoms with Crippen LogP contribution in [0.4, 0.5) is 0 Å². The Morgan fingerprint density at radius 1 is 1.36 bits per heavy atom. The second kappa shape index (κ2) is 7.42. The number of aliphatic carboxylic acids is 1. The maximum Gasteiger partial charge on any atom is 0.311 e. The first-order chi connectivity index (χ1) is 12.1. The van der Waals surface area contributed by atoms with Gasteiger partial charge in [0.1, 0.15) is 0 Å². The van der Waals surface area contributed by atoms with Gasteiger partial charge in [0, 0.05) is 29.7 Å². The number of likely N-dealkylation sites (N-methyl/N-ethyl adjacent to an activating group) is 1. The van der Waals surface area contributed by atoms with Crippen LogP contribution in [-0.4, -0.2) is 53.7 Å². The molecule has 25 heavy (non-hydrogen) atoms. The van der Waals surface area contributed by atoms with Crippen molar-refractivity contribution in [2.24, 2.45) is 5.92 Å². The Morgan fingerprint density at radius 3 is 2.76 bits per heavy atom. The molecular weight excluding hydrogens is 314 g/mol. The number of fused-ring (bicyclic) bond motifs is 2. The van der Waals surface area contributed by atoms with Crippen LogP contribution in [0.3, 0.4) is 0 Å². The van der Waals surface area contributed by atoms with E-state index in [0.717, 1.165) is 25.0 Å².